The molecular weight excluding hydrogens is 829 g/mol. The highest BCUT2D eigenvalue weighted by atomic mass is 35.5. The van der Waals surface area contributed by atoms with Gasteiger partial charge in [0, 0.05) is 31.5 Å². The third-order valence-corrected chi connectivity index (χ3v) is 11.9. The Labute approximate surface area is 341 Å². The van der Waals surface area contributed by atoms with Crippen LogP contribution in [0.4, 0.5) is 22.0 Å². The summed E-state index contributed by atoms with van der Waals surface area (Å²) in [6.07, 6.45) is -5.82. The van der Waals surface area contributed by atoms with Crippen molar-refractivity contribution in [3.05, 3.63) is 94.3 Å². The maximum absolute atomic E-state index is 15.1. The molecule has 0 spiro atoms. The van der Waals surface area contributed by atoms with Gasteiger partial charge in [0.2, 0.25) is 11.7 Å². The number of ether oxygens (including phenoxy) is 1. The second kappa shape index (κ2) is 19.1. The molecule has 0 unspecified atom stereocenters. The minimum atomic E-state index is -5.08. The van der Waals surface area contributed by atoms with Crippen molar-refractivity contribution in [2.75, 3.05) is 20.2 Å². The Morgan fingerprint density at radius 3 is 2.27 bits per heavy atom. The van der Waals surface area contributed by atoms with Gasteiger partial charge in [-0.25, -0.2) is 13.4 Å². The Balaban J connectivity index is 1.72. The third-order valence-electron chi connectivity index (χ3n) is 9.62. The molecule has 2 aromatic carbocycles. The average Bonchev–Trinajstić information content (AvgIpc) is 3.65. The number of carbonyl (C=O) groups excluding carboxylic acids is 5. The molecule has 1 aromatic heterocycles. The van der Waals surface area contributed by atoms with Crippen LogP contribution in [-0.2, 0) is 41.2 Å². The van der Waals surface area contributed by atoms with E-state index in [0.717, 1.165) is 10.2 Å². The zero-order chi connectivity index (χ0) is 43.9. The number of amides is 3. The van der Waals surface area contributed by atoms with Crippen molar-refractivity contribution in [2.24, 2.45) is 11.8 Å². The lowest BCUT2D eigenvalue weighted by molar-refractivity contribution is -0.167. The number of alkyl halides is 5. The van der Waals surface area contributed by atoms with Crippen LogP contribution < -0.4 is 15.4 Å². The van der Waals surface area contributed by atoms with E-state index in [9.17, 15) is 50.8 Å². The molecule has 2 heterocycles. The van der Waals surface area contributed by atoms with Crippen molar-refractivity contribution < 1.29 is 59.1 Å². The monoisotopic (exact) mass is 867 g/mol. The fourth-order valence-electron chi connectivity index (χ4n) is 6.44. The second-order valence-corrected chi connectivity index (χ2v) is 16.9. The molecule has 59 heavy (non-hydrogen) atoms. The summed E-state index contributed by atoms with van der Waals surface area (Å²) in [5, 5.41) is 11.7. The van der Waals surface area contributed by atoms with Gasteiger partial charge in [0.25, 0.3) is 11.8 Å². The number of carbonyl (C=O) groups is 5. The van der Waals surface area contributed by atoms with Crippen LogP contribution in [0.15, 0.2) is 66.9 Å². The molecule has 20 heteroatoms. The molecule has 2 N–H and O–H groups in total. The first-order valence-electron chi connectivity index (χ1n) is 17.9. The van der Waals surface area contributed by atoms with E-state index >= 15 is 8.78 Å². The van der Waals surface area contributed by atoms with E-state index in [4.69, 9.17) is 16.3 Å². The zero-order valence-electron chi connectivity index (χ0n) is 31.8. The van der Waals surface area contributed by atoms with Gasteiger partial charge in [-0.2, -0.15) is 27.2 Å². The highest BCUT2D eigenvalue weighted by molar-refractivity contribution is 7.91. The number of pyridine rings is 1. The van der Waals surface area contributed by atoms with Crippen LogP contribution in [0.1, 0.15) is 53.9 Å². The van der Waals surface area contributed by atoms with Crippen LogP contribution in [0.5, 0.6) is 5.75 Å². The fraction of sp³-hybridized carbons (Fsp3) is 0.410. The molecule has 1 aliphatic rings. The number of nitrogens with one attached hydrogen (secondary N) is 2. The lowest BCUT2D eigenvalue weighted by Crippen LogP contribution is -2.54. The zero-order valence-corrected chi connectivity index (χ0v) is 33.3. The molecule has 0 aliphatic carbocycles. The molecule has 3 aromatic rings. The molecule has 1 saturated heterocycles. The summed E-state index contributed by atoms with van der Waals surface area (Å²) in [6, 6.07) is 13.4. The summed E-state index contributed by atoms with van der Waals surface area (Å²) >= 11 is 5.91. The Morgan fingerprint density at radius 1 is 1.02 bits per heavy atom. The lowest BCUT2D eigenvalue weighted by atomic mass is 9.82. The molecule has 4 atom stereocenters. The summed E-state index contributed by atoms with van der Waals surface area (Å²) < 4.78 is 101. The van der Waals surface area contributed by atoms with Crippen LogP contribution in [-0.4, -0.2) is 97.2 Å². The van der Waals surface area contributed by atoms with Crippen LogP contribution >= 0.6 is 11.6 Å². The van der Waals surface area contributed by atoms with Crippen LogP contribution in [0, 0.1) is 23.2 Å². The number of benzene rings is 2. The van der Waals surface area contributed by atoms with E-state index in [0.29, 0.717) is 16.9 Å². The quantitative estimate of drug-likeness (QED) is 0.143. The number of methoxy groups -OCH3 is 1. The SMILES string of the molecule is COc1ccc(CS(=O)(=O)[C@@H]2C[C@@H](C(=O)C[C@H](C(=O)C(F)(F)C(=O)NCC(F)(F)F)C(C)C)N(C(=O)[C@H](Cc3cccc(C#N)c3)NC(=O)c3ccc(Cl)cn3)C2)cc1. The Hall–Kier alpha value is -5.48. The summed E-state index contributed by atoms with van der Waals surface area (Å²) in [5.74, 6) is -15.8. The van der Waals surface area contributed by atoms with Crippen LogP contribution in [0.25, 0.3) is 0 Å². The summed E-state index contributed by atoms with van der Waals surface area (Å²) in [5.41, 5.74) is 0.721. The number of nitriles is 1. The van der Waals surface area contributed by atoms with E-state index < -0.39 is 112 Å². The number of likely N-dealkylation sites (tertiary alicyclic amines) is 1. The van der Waals surface area contributed by atoms with Gasteiger partial charge < -0.3 is 20.3 Å². The summed E-state index contributed by atoms with van der Waals surface area (Å²) in [4.78, 5) is 72.3. The number of ketones is 2. The number of sulfone groups is 1. The molecule has 316 valence electrons. The predicted octanol–water partition coefficient (Wildman–Crippen LogP) is 4.66. The number of aromatic nitrogens is 1. The average molecular weight is 868 g/mol. The van der Waals surface area contributed by atoms with E-state index in [-0.39, 0.29) is 22.7 Å². The van der Waals surface area contributed by atoms with Crippen molar-refractivity contribution in [3.63, 3.8) is 0 Å². The number of nitrogens with zero attached hydrogens (tertiary/aromatic N) is 3. The molecule has 0 bridgehead atoms. The number of hydrogen-bond donors (Lipinski definition) is 2. The van der Waals surface area contributed by atoms with Gasteiger partial charge in [-0.05, 0) is 59.9 Å². The maximum Gasteiger partial charge on any atom is 0.405 e. The van der Waals surface area contributed by atoms with Gasteiger partial charge in [-0.1, -0.05) is 49.7 Å². The van der Waals surface area contributed by atoms with Gasteiger partial charge in [-0.3, -0.25) is 24.0 Å². The number of Topliss-reactive ketones (excluding diaryl/α,β-unsaturated/α-hetero) is 2. The summed E-state index contributed by atoms with van der Waals surface area (Å²) in [6.45, 7) is -0.262. The first kappa shape index (κ1) is 46.2. The van der Waals surface area contributed by atoms with E-state index in [1.807, 2.05) is 6.07 Å². The molecule has 13 nitrogen and oxygen atoms in total. The normalized spacial score (nSPS) is 16.8. The van der Waals surface area contributed by atoms with Gasteiger partial charge in [0.05, 0.1) is 40.8 Å². The van der Waals surface area contributed by atoms with Crippen LogP contribution in [0.2, 0.25) is 5.02 Å². The van der Waals surface area contributed by atoms with Crippen molar-refractivity contribution >= 4 is 50.7 Å². The molecular formula is C39H39ClF5N5O8S. The smallest absolute Gasteiger partial charge is 0.405 e. The van der Waals surface area contributed by atoms with Crippen molar-refractivity contribution in [1.82, 2.24) is 20.5 Å². The van der Waals surface area contributed by atoms with Crippen molar-refractivity contribution in [2.45, 2.75) is 68.3 Å². The second-order valence-electron chi connectivity index (χ2n) is 14.2. The van der Waals surface area contributed by atoms with E-state index in [1.54, 1.807) is 6.07 Å². The molecule has 1 fully saturated rings. The van der Waals surface area contributed by atoms with E-state index in [1.165, 1.54) is 81.8 Å². The predicted molar refractivity (Wildman–Crippen MR) is 202 cm³/mol. The minimum Gasteiger partial charge on any atom is -0.497 e. The number of rotatable bonds is 17. The number of halogens is 6. The Morgan fingerprint density at radius 2 is 1.69 bits per heavy atom. The first-order valence-corrected chi connectivity index (χ1v) is 20.0. The topological polar surface area (TPSA) is 193 Å². The summed E-state index contributed by atoms with van der Waals surface area (Å²) in [7, 11) is -2.79. The molecule has 0 saturated carbocycles. The highest BCUT2D eigenvalue weighted by Crippen LogP contribution is 2.33. The first-order chi connectivity index (χ1) is 27.6. The Bertz CT molecular complexity index is 2200. The van der Waals surface area contributed by atoms with Crippen molar-refractivity contribution in [3.8, 4) is 11.8 Å². The largest absolute Gasteiger partial charge is 0.497 e. The molecule has 3 amide bonds. The van der Waals surface area contributed by atoms with Gasteiger partial charge in [0.1, 0.15) is 24.0 Å². The number of hydrogen-bond acceptors (Lipinski definition) is 10. The van der Waals surface area contributed by atoms with Crippen molar-refractivity contribution in [1.29, 1.82) is 5.26 Å². The standard InChI is InChI=1S/C39H39ClF5N5O8S/c1-22(2)29(34(52)39(44,45)37(55)48-21-38(41,42)43)16-33(51)32-15-28(59(56,57)20-23-7-10-27(58-3)11-8-23)19-50(32)36(54)31(14-24-5-4-6-25(13-24)17-46)49-35(53)30-12-9-26(40)18-47-30/h4-13,18,22,28-29,31-32H,14-16,19-21H2,1-3H3,(H,48,55)(H,49,53)/t28-,29+,31+,32+/m1/s1. The van der Waals surface area contributed by atoms with Gasteiger partial charge in [0.15, 0.2) is 15.6 Å². The maximum atomic E-state index is 15.1. The highest BCUT2D eigenvalue weighted by Gasteiger charge is 2.53. The lowest BCUT2D eigenvalue weighted by Gasteiger charge is -2.30. The van der Waals surface area contributed by atoms with Gasteiger partial charge >= 0.3 is 12.1 Å². The minimum absolute atomic E-state index is 0.176. The molecule has 0 radical (unpaired) electrons. The third kappa shape index (κ3) is 12.0. The molecule has 1 aliphatic heterocycles. The fourth-order valence-corrected chi connectivity index (χ4v) is 8.31. The Kier molecular flexibility index (Phi) is 14.9. The van der Waals surface area contributed by atoms with Crippen LogP contribution in [0.3, 0.4) is 0 Å². The molecule has 4 rings (SSSR count). The van der Waals surface area contributed by atoms with E-state index in [2.05, 4.69) is 10.3 Å². The van der Waals surface area contributed by atoms with Gasteiger partial charge in [-0.15, -0.1) is 0 Å².